The quantitative estimate of drug-likeness (QED) is 0.536. The Morgan fingerprint density at radius 2 is 1.76 bits per heavy atom. The largest absolute Gasteiger partial charge is 0.493 e. The van der Waals surface area contributed by atoms with E-state index in [1.165, 1.54) is 19.2 Å². The summed E-state index contributed by atoms with van der Waals surface area (Å²) in [5.41, 5.74) is 1.48. The van der Waals surface area contributed by atoms with Crippen LogP contribution in [0.25, 0.3) is 0 Å². The van der Waals surface area contributed by atoms with E-state index in [0.29, 0.717) is 16.5 Å². The number of hydrogen-bond acceptors (Lipinski definition) is 7. The van der Waals surface area contributed by atoms with Crippen LogP contribution in [0.3, 0.4) is 0 Å². The highest BCUT2D eigenvalue weighted by Crippen LogP contribution is 2.29. The fraction of sp³-hybridized carbons (Fsp3) is 0.261. The number of nitrogens with one attached hydrogen (secondary N) is 2. The lowest BCUT2D eigenvalue weighted by molar-refractivity contribution is -0.138. The number of benzene rings is 2. The number of ether oxygens (including phenoxy) is 4. The Morgan fingerprint density at radius 1 is 1.00 bits per heavy atom. The minimum Gasteiger partial charge on any atom is -0.493 e. The molecule has 0 aliphatic carbocycles. The fourth-order valence-electron chi connectivity index (χ4n) is 2.95. The molecular weight excluding hydrogens is 452 g/mol. The summed E-state index contributed by atoms with van der Waals surface area (Å²) in [5, 5.41) is 5.59. The average Bonchev–Trinajstić information content (AvgIpc) is 2.82. The standard InChI is InChI=1S/C23H23ClN2O7/c1-3-31-22(28)17-11-25-23(29)26-18(17)13-33-21(27)15-6-9-19(20(10-15)30-2)32-12-14-4-7-16(24)8-5-14/h4-10H,3,11-13H2,1-2H3,(H2,25,26,29). The van der Waals surface area contributed by atoms with Crippen LogP contribution in [0.2, 0.25) is 5.02 Å². The summed E-state index contributed by atoms with van der Waals surface area (Å²) in [6.45, 7) is 1.80. The van der Waals surface area contributed by atoms with Gasteiger partial charge < -0.3 is 29.6 Å². The van der Waals surface area contributed by atoms with E-state index in [4.69, 9.17) is 30.5 Å². The highest BCUT2D eigenvalue weighted by molar-refractivity contribution is 6.30. The Morgan fingerprint density at radius 3 is 2.45 bits per heavy atom. The molecule has 0 spiro atoms. The first-order valence-corrected chi connectivity index (χ1v) is 10.5. The number of halogens is 1. The number of esters is 2. The van der Waals surface area contributed by atoms with E-state index >= 15 is 0 Å². The number of carbonyl (C=O) groups excluding carboxylic acids is 3. The zero-order chi connectivity index (χ0) is 23.8. The summed E-state index contributed by atoms with van der Waals surface area (Å²) in [6, 6.07) is 11.3. The van der Waals surface area contributed by atoms with Gasteiger partial charge in [-0.1, -0.05) is 23.7 Å². The lowest BCUT2D eigenvalue weighted by Crippen LogP contribution is -2.45. The van der Waals surface area contributed by atoms with Gasteiger partial charge in [0, 0.05) is 5.02 Å². The first-order chi connectivity index (χ1) is 15.9. The molecule has 0 fully saturated rings. The molecule has 0 atom stereocenters. The third-order valence-electron chi connectivity index (χ3n) is 4.63. The van der Waals surface area contributed by atoms with E-state index in [1.807, 2.05) is 12.1 Å². The van der Waals surface area contributed by atoms with Crippen LogP contribution in [0.4, 0.5) is 4.79 Å². The van der Waals surface area contributed by atoms with Gasteiger partial charge in [-0.25, -0.2) is 14.4 Å². The second-order valence-corrected chi connectivity index (χ2v) is 7.28. The minimum atomic E-state index is -0.666. The van der Waals surface area contributed by atoms with Crippen molar-refractivity contribution in [3.05, 3.63) is 69.9 Å². The third kappa shape index (κ3) is 6.39. The summed E-state index contributed by atoms with van der Waals surface area (Å²) in [4.78, 5) is 36.3. The van der Waals surface area contributed by atoms with Gasteiger partial charge in [0.2, 0.25) is 0 Å². The van der Waals surface area contributed by atoms with Crippen molar-refractivity contribution in [3.8, 4) is 11.5 Å². The first kappa shape index (κ1) is 23.9. The predicted octanol–water partition coefficient (Wildman–Crippen LogP) is 3.21. The van der Waals surface area contributed by atoms with Crippen LogP contribution in [0.15, 0.2) is 53.7 Å². The molecule has 1 heterocycles. The summed E-state index contributed by atoms with van der Waals surface area (Å²) < 4.78 is 21.4. The van der Waals surface area contributed by atoms with Crippen molar-refractivity contribution in [2.24, 2.45) is 0 Å². The number of rotatable bonds is 9. The molecule has 10 heteroatoms. The zero-order valence-corrected chi connectivity index (χ0v) is 18.9. The molecule has 0 saturated heterocycles. The van der Waals surface area contributed by atoms with Crippen LogP contribution < -0.4 is 20.1 Å². The topological polar surface area (TPSA) is 112 Å². The molecule has 1 aliphatic heterocycles. The molecule has 2 N–H and O–H groups in total. The molecule has 0 saturated carbocycles. The molecule has 0 radical (unpaired) electrons. The second kappa shape index (κ2) is 11.2. The van der Waals surface area contributed by atoms with Crippen molar-refractivity contribution in [2.75, 3.05) is 26.9 Å². The van der Waals surface area contributed by atoms with Gasteiger partial charge in [0.1, 0.15) is 13.2 Å². The van der Waals surface area contributed by atoms with E-state index in [-0.39, 0.29) is 43.2 Å². The number of carbonyl (C=O) groups is 3. The number of methoxy groups -OCH3 is 1. The maximum absolute atomic E-state index is 12.6. The van der Waals surface area contributed by atoms with Crippen molar-refractivity contribution in [1.29, 1.82) is 0 Å². The lowest BCUT2D eigenvalue weighted by atomic mass is 10.1. The molecule has 3 rings (SSSR count). The highest BCUT2D eigenvalue weighted by atomic mass is 35.5. The SMILES string of the molecule is CCOC(=O)C1=C(COC(=O)c2ccc(OCc3ccc(Cl)cc3)c(OC)c2)NC(=O)NC1. The van der Waals surface area contributed by atoms with E-state index in [2.05, 4.69) is 10.6 Å². The molecular formula is C23H23ClN2O7. The normalized spacial score (nSPS) is 13.0. The van der Waals surface area contributed by atoms with Crippen LogP contribution in [-0.4, -0.2) is 44.8 Å². The monoisotopic (exact) mass is 474 g/mol. The summed E-state index contributed by atoms with van der Waals surface area (Å²) in [6.07, 6.45) is 0. The van der Waals surface area contributed by atoms with E-state index in [0.717, 1.165) is 5.56 Å². The van der Waals surface area contributed by atoms with Gasteiger partial charge >= 0.3 is 18.0 Å². The Labute approximate surface area is 195 Å². The fourth-order valence-corrected chi connectivity index (χ4v) is 3.07. The maximum Gasteiger partial charge on any atom is 0.338 e. The third-order valence-corrected chi connectivity index (χ3v) is 4.88. The van der Waals surface area contributed by atoms with Crippen LogP contribution in [0.1, 0.15) is 22.8 Å². The predicted molar refractivity (Wildman–Crippen MR) is 119 cm³/mol. The molecule has 0 unspecified atom stereocenters. The summed E-state index contributed by atoms with van der Waals surface area (Å²) in [7, 11) is 1.46. The van der Waals surface area contributed by atoms with Crippen molar-refractivity contribution >= 4 is 29.6 Å². The summed E-state index contributed by atoms with van der Waals surface area (Å²) >= 11 is 5.89. The van der Waals surface area contributed by atoms with Gasteiger partial charge in [0.15, 0.2) is 11.5 Å². The van der Waals surface area contributed by atoms with E-state index < -0.39 is 18.0 Å². The Hall–Kier alpha value is -3.72. The van der Waals surface area contributed by atoms with E-state index in [1.54, 1.807) is 25.1 Å². The number of hydrogen-bond donors (Lipinski definition) is 2. The van der Waals surface area contributed by atoms with Crippen LogP contribution in [-0.2, 0) is 20.9 Å². The molecule has 2 aromatic carbocycles. The van der Waals surface area contributed by atoms with Gasteiger partial charge in [0.25, 0.3) is 0 Å². The number of urea groups is 1. The molecule has 2 aromatic rings. The second-order valence-electron chi connectivity index (χ2n) is 6.84. The first-order valence-electron chi connectivity index (χ1n) is 10.1. The van der Waals surface area contributed by atoms with Crippen molar-refractivity contribution in [2.45, 2.75) is 13.5 Å². The average molecular weight is 475 g/mol. The van der Waals surface area contributed by atoms with Gasteiger partial charge in [-0.05, 0) is 42.8 Å². The molecule has 33 heavy (non-hydrogen) atoms. The summed E-state index contributed by atoms with van der Waals surface area (Å²) in [5.74, 6) is -0.470. The van der Waals surface area contributed by atoms with Gasteiger partial charge in [0.05, 0.1) is 37.1 Å². The Balaban J connectivity index is 1.67. The van der Waals surface area contributed by atoms with Gasteiger partial charge in [-0.2, -0.15) is 0 Å². The van der Waals surface area contributed by atoms with E-state index in [9.17, 15) is 14.4 Å². The van der Waals surface area contributed by atoms with Crippen LogP contribution in [0.5, 0.6) is 11.5 Å². The maximum atomic E-state index is 12.6. The van der Waals surface area contributed by atoms with Crippen molar-refractivity contribution in [1.82, 2.24) is 10.6 Å². The molecule has 174 valence electrons. The van der Waals surface area contributed by atoms with Gasteiger partial charge in [-0.15, -0.1) is 0 Å². The number of amides is 2. The zero-order valence-electron chi connectivity index (χ0n) is 18.1. The molecule has 0 aromatic heterocycles. The van der Waals surface area contributed by atoms with Crippen LogP contribution >= 0.6 is 11.6 Å². The van der Waals surface area contributed by atoms with Crippen molar-refractivity contribution < 1.29 is 33.3 Å². The Bertz CT molecular complexity index is 1070. The molecule has 1 aliphatic rings. The Kier molecular flexibility index (Phi) is 8.15. The minimum absolute atomic E-state index is 0.0228. The molecule has 9 nitrogen and oxygen atoms in total. The lowest BCUT2D eigenvalue weighted by Gasteiger charge is -2.21. The molecule has 0 bridgehead atoms. The van der Waals surface area contributed by atoms with Crippen molar-refractivity contribution in [3.63, 3.8) is 0 Å². The molecule has 2 amide bonds. The smallest absolute Gasteiger partial charge is 0.338 e. The highest BCUT2D eigenvalue weighted by Gasteiger charge is 2.25. The van der Waals surface area contributed by atoms with Crippen LogP contribution in [0, 0.1) is 0 Å². The van der Waals surface area contributed by atoms with Gasteiger partial charge in [-0.3, -0.25) is 0 Å².